The van der Waals surface area contributed by atoms with Crippen LogP contribution in [0.3, 0.4) is 0 Å². The van der Waals surface area contributed by atoms with Gasteiger partial charge in [0.05, 0.1) is 6.42 Å². The molecule has 36 heavy (non-hydrogen) atoms. The van der Waals surface area contributed by atoms with Gasteiger partial charge in [-0.2, -0.15) is 0 Å². The highest BCUT2D eigenvalue weighted by molar-refractivity contribution is 5.95. The van der Waals surface area contributed by atoms with E-state index in [2.05, 4.69) is 10.6 Å². The number of rotatable bonds is 11. The Balaban J connectivity index is 3.58. The number of nitrogens with zero attached hydrogens (tertiary/aromatic N) is 1. The minimum Gasteiger partial charge on any atom is -0.444 e. The molecule has 9 heteroatoms. The van der Waals surface area contributed by atoms with Gasteiger partial charge in [0, 0.05) is 12.1 Å². The van der Waals surface area contributed by atoms with Crippen LogP contribution < -0.4 is 16.4 Å². The Morgan fingerprint density at radius 2 is 1.58 bits per heavy atom. The summed E-state index contributed by atoms with van der Waals surface area (Å²) in [5, 5.41) is 5.53. The number of nitrogens with one attached hydrogen (secondary N) is 2. The van der Waals surface area contributed by atoms with E-state index in [1.54, 1.807) is 34.6 Å². The van der Waals surface area contributed by atoms with E-state index in [0.717, 1.165) is 24.0 Å². The van der Waals surface area contributed by atoms with Crippen LogP contribution in [-0.4, -0.2) is 52.4 Å². The van der Waals surface area contributed by atoms with Crippen molar-refractivity contribution in [1.29, 1.82) is 0 Å². The molecule has 4 N–H and O–H groups in total. The Morgan fingerprint density at radius 1 is 1.03 bits per heavy atom. The van der Waals surface area contributed by atoms with Gasteiger partial charge in [-0.15, -0.1) is 0 Å². The van der Waals surface area contributed by atoms with Crippen molar-refractivity contribution in [2.24, 2.45) is 5.73 Å². The topological polar surface area (TPSA) is 131 Å². The van der Waals surface area contributed by atoms with E-state index in [0.29, 0.717) is 5.56 Å². The van der Waals surface area contributed by atoms with Crippen molar-refractivity contribution >= 4 is 23.8 Å². The molecule has 0 radical (unpaired) electrons. The standard InChI is InChI=1S/C27H44N4O5/c1-10-12-19(6)29-24(33)23(22-17(4)13-11-14-18(22)5)31(16(2)3)25(34)20(15-21(28)32)30-26(35)36-27(7,8)9/h11,13-14,16,19-20,23H,10,12,15H2,1-9H3,(H2,28,32)(H,29,33)(H,30,35). The number of carbonyl (C=O) groups is 4. The first kappa shape index (κ1) is 30.9. The van der Waals surface area contributed by atoms with Crippen LogP contribution in [0.15, 0.2) is 18.2 Å². The summed E-state index contributed by atoms with van der Waals surface area (Å²) in [5.41, 5.74) is 7.02. The summed E-state index contributed by atoms with van der Waals surface area (Å²) in [7, 11) is 0. The zero-order valence-corrected chi connectivity index (χ0v) is 23.2. The van der Waals surface area contributed by atoms with Crippen LogP contribution in [0.5, 0.6) is 0 Å². The van der Waals surface area contributed by atoms with Gasteiger partial charge in [0.25, 0.3) is 0 Å². The Hall–Kier alpha value is -3.10. The fraction of sp³-hybridized carbons (Fsp3) is 0.630. The zero-order chi connectivity index (χ0) is 27.8. The molecule has 3 atom stereocenters. The first-order chi connectivity index (χ1) is 16.6. The second-order valence-corrected chi connectivity index (χ2v) is 10.6. The molecule has 0 bridgehead atoms. The lowest BCUT2D eigenvalue weighted by Gasteiger charge is -2.38. The van der Waals surface area contributed by atoms with Crippen LogP contribution in [0.4, 0.5) is 4.79 Å². The van der Waals surface area contributed by atoms with Crippen LogP contribution >= 0.6 is 0 Å². The molecular weight excluding hydrogens is 460 g/mol. The first-order valence-corrected chi connectivity index (χ1v) is 12.6. The molecule has 1 aromatic carbocycles. The maximum atomic E-state index is 13.9. The summed E-state index contributed by atoms with van der Waals surface area (Å²) in [4.78, 5) is 53.5. The normalized spacial score (nSPS) is 13.9. The minimum atomic E-state index is -1.30. The van der Waals surface area contributed by atoms with Crippen molar-refractivity contribution in [3.63, 3.8) is 0 Å². The van der Waals surface area contributed by atoms with Crippen LogP contribution in [-0.2, 0) is 19.1 Å². The number of alkyl carbamates (subject to hydrolysis) is 1. The summed E-state index contributed by atoms with van der Waals surface area (Å²) in [6, 6.07) is 2.86. The monoisotopic (exact) mass is 504 g/mol. The Morgan fingerprint density at radius 3 is 2.03 bits per heavy atom. The molecule has 202 valence electrons. The largest absolute Gasteiger partial charge is 0.444 e. The van der Waals surface area contributed by atoms with Gasteiger partial charge in [-0.05, 0) is 78.5 Å². The smallest absolute Gasteiger partial charge is 0.408 e. The van der Waals surface area contributed by atoms with Crippen LogP contribution in [0.25, 0.3) is 0 Å². The fourth-order valence-electron chi connectivity index (χ4n) is 4.19. The van der Waals surface area contributed by atoms with E-state index >= 15 is 0 Å². The second kappa shape index (κ2) is 13.3. The first-order valence-electron chi connectivity index (χ1n) is 12.6. The lowest BCUT2D eigenvalue weighted by Crippen LogP contribution is -2.56. The number of benzene rings is 1. The van der Waals surface area contributed by atoms with E-state index in [4.69, 9.17) is 10.5 Å². The third-order valence-electron chi connectivity index (χ3n) is 5.66. The average molecular weight is 505 g/mol. The molecule has 0 aliphatic heterocycles. The van der Waals surface area contributed by atoms with Crippen molar-refractivity contribution in [2.75, 3.05) is 0 Å². The molecule has 3 unspecified atom stereocenters. The van der Waals surface area contributed by atoms with Crippen LogP contribution in [0.2, 0.25) is 0 Å². The number of hydrogen-bond donors (Lipinski definition) is 3. The van der Waals surface area contributed by atoms with Gasteiger partial charge in [0.15, 0.2) is 0 Å². The number of hydrogen-bond acceptors (Lipinski definition) is 5. The predicted octanol–water partition coefficient (Wildman–Crippen LogP) is 3.66. The molecule has 0 heterocycles. The highest BCUT2D eigenvalue weighted by atomic mass is 16.6. The van der Waals surface area contributed by atoms with Crippen molar-refractivity contribution in [3.8, 4) is 0 Å². The van der Waals surface area contributed by atoms with E-state index in [1.165, 1.54) is 4.90 Å². The van der Waals surface area contributed by atoms with E-state index < -0.39 is 48.1 Å². The van der Waals surface area contributed by atoms with E-state index in [-0.39, 0.29) is 11.9 Å². The van der Waals surface area contributed by atoms with Gasteiger partial charge < -0.3 is 26.0 Å². The molecule has 0 fully saturated rings. The second-order valence-electron chi connectivity index (χ2n) is 10.6. The maximum Gasteiger partial charge on any atom is 0.408 e. The molecule has 0 aliphatic rings. The van der Waals surface area contributed by atoms with Gasteiger partial charge in [0.1, 0.15) is 17.7 Å². The summed E-state index contributed by atoms with van der Waals surface area (Å²) < 4.78 is 5.30. The molecular formula is C27H44N4O5. The quantitative estimate of drug-likeness (QED) is 0.423. The SMILES string of the molecule is CCCC(C)NC(=O)C(c1c(C)cccc1C)N(C(=O)C(CC(N)=O)NC(=O)OC(C)(C)C)C(C)C. The molecule has 9 nitrogen and oxygen atoms in total. The zero-order valence-electron chi connectivity index (χ0n) is 23.2. The van der Waals surface area contributed by atoms with Gasteiger partial charge in [-0.1, -0.05) is 31.5 Å². The molecule has 4 amide bonds. The molecule has 0 spiro atoms. The van der Waals surface area contributed by atoms with E-state index in [9.17, 15) is 19.2 Å². The van der Waals surface area contributed by atoms with Gasteiger partial charge in [-0.3, -0.25) is 14.4 Å². The number of nitrogens with two attached hydrogens (primary N) is 1. The summed E-state index contributed by atoms with van der Waals surface area (Å²) in [6.45, 7) is 16.4. The Kier molecular flexibility index (Phi) is 11.4. The minimum absolute atomic E-state index is 0.0975. The van der Waals surface area contributed by atoms with Crippen molar-refractivity contribution in [3.05, 3.63) is 34.9 Å². The lowest BCUT2D eigenvalue weighted by atomic mass is 9.92. The lowest BCUT2D eigenvalue weighted by molar-refractivity contribution is -0.145. The summed E-state index contributed by atoms with van der Waals surface area (Å²) >= 11 is 0. The van der Waals surface area contributed by atoms with E-state index in [1.807, 2.05) is 45.9 Å². The predicted molar refractivity (Wildman–Crippen MR) is 140 cm³/mol. The van der Waals surface area contributed by atoms with Crippen molar-refractivity contribution in [1.82, 2.24) is 15.5 Å². The fourth-order valence-corrected chi connectivity index (χ4v) is 4.19. The Bertz CT molecular complexity index is 918. The maximum absolute atomic E-state index is 13.9. The summed E-state index contributed by atoms with van der Waals surface area (Å²) in [5.74, 6) is -1.69. The van der Waals surface area contributed by atoms with Gasteiger partial charge in [0.2, 0.25) is 17.7 Å². The number of aryl methyl sites for hydroxylation is 2. The molecule has 0 saturated heterocycles. The Labute approximate surface area is 215 Å². The summed E-state index contributed by atoms with van der Waals surface area (Å²) in [6.07, 6.45) is 0.387. The molecule has 1 rings (SSSR count). The number of ether oxygens (including phenoxy) is 1. The number of primary amides is 1. The van der Waals surface area contributed by atoms with Crippen LogP contribution in [0.1, 0.15) is 90.5 Å². The van der Waals surface area contributed by atoms with Crippen molar-refractivity contribution < 1.29 is 23.9 Å². The molecule has 0 saturated carbocycles. The number of amides is 4. The van der Waals surface area contributed by atoms with Gasteiger partial charge in [-0.25, -0.2) is 4.79 Å². The third kappa shape index (κ3) is 9.17. The molecule has 1 aromatic rings. The van der Waals surface area contributed by atoms with Crippen LogP contribution in [0, 0.1) is 13.8 Å². The third-order valence-corrected chi connectivity index (χ3v) is 5.66. The highest BCUT2D eigenvalue weighted by Gasteiger charge is 2.39. The molecule has 0 aliphatic carbocycles. The average Bonchev–Trinajstić information content (AvgIpc) is 2.70. The van der Waals surface area contributed by atoms with Gasteiger partial charge >= 0.3 is 6.09 Å². The highest BCUT2D eigenvalue weighted by Crippen LogP contribution is 2.30. The van der Waals surface area contributed by atoms with Crippen molar-refractivity contribution in [2.45, 2.75) is 111 Å². The molecule has 0 aromatic heterocycles. The number of carbonyl (C=O) groups excluding carboxylic acids is 4.